The monoisotopic (exact) mass is 496 g/mol. The molecule has 0 radical (unpaired) electrons. The summed E-state index contributed by atoms with van der Waals surface area (Å²) in [5.74, 6) is -0.240. The first-order chi connectivity index (χ1) is 17.5. The van der Waals surface area contributed by atoms with Crippen LogP contribution in [0.4, 0.5) is 18.9 Å². The highest BCUT2D eigenvalue weighted by Crippen LogP contribution is 2.38. The number of benzene rings is 2. The van der Waals surface area contributed by atoms with Gasteiger partial charge in [-0.1, -0.05) is 18.2 Å². The first kappa shape index (κ1) is 24.1. The zero-order valence-electron chi connectivity index (χ0n) is 20.0. The van der Waals surface area contributed by atoms with Crippen molar-refractivity contribution in [3.63, 3.8) is 0 Å². The Morgan fingerprint density at radius 2 is 1.92 bits per heavy atom. The average molecular weight is 497 g/mol. The van der Waals surface area contributed by atoms with Gasteiger partial charge in [0.15, 0.2) is 0 Å². The zero-order chi connectivity index (χ0) is 25.2. The predicted octanol–water partition coefficient (Wildman–Crippen LogP) is 6.71. The SMILES string of the molecule is COc1cc2nccc(N[C@H](C)c3cccc(C(F)F)c3F)c2cc1-c1cnn(C2CCOCC2)c1. The predicted molar refractivity (Wildman–Crippen MR) is 132 cm³/mol. The minimum Gasteiger partial charge on any atom is -0.496 e. The smallest absolute Gasteiger partial charge is 0.266 e. The maximum absolute atomic E-state index is 14.8. The largest absolute Gasteiger partial charge is 0.496 e. The number of aromatic nitrogens is 3. The number of methoxy groups -OCH3 is 1. The molecule has 9 heteroatoms. The minimum absolute atomic E-state index is 0.171. The van der Waals surface area contributed by atoms with E-state index in [-0.39, 0.29) is 11.6 Å². The molecule has 1 fully saturated rings. The highest BCUT2D eigenvalue weighted by molar-refractivity contribution is 5.96. The van der Waals surface area contributed by atoms with Crippen molar-refractivity contribution in [2.24, 2.45) is 0 Å². The van der Waals surface area contributed by atoms with E-state index in [2.05, 4.69) is 15.4 Å². The van der Waals surface area contributed by atoms with Gasteiger partial charge in [-0.25, -0.2) is 13.2 Å². The van der Waals surface area contributed by atoms with Crippen LogP contribution in [-0.2, 0) is 4.74 Å². The van der Waals surface area contributed by atoms with Gasteiger partial charge in [-0.05, 0) is 31.9 Å². The molecule has 0 amide bonds. The Bertz CT molecular complexity index is 1370. The van der Waals surface area contributed by atoms with E-state index in [0.29, 0.717) is 17.0 Å². The molecule has 5 rings (SSSR count). The number of nitrogens with zero attached hydrogens (tertiary/aromatic N) is 3. The zero-order valence-corrected chi connectivity index (χ0v) is 20.0. The number of hydrogen-bond donors (Lipinski definition) is 1. The summed E-state index contributed by atoms with van der Waals surface area (Å²) in [6.07, 6.45) is 4.42. The van der Waals surface area contributed by atoms with Gasteiger partial charge in [0.05, 0.1) is 36.5 Å². The van der Waals surface area contributed by atoms with Gasteiger partial charge >= 0.3 is 0 Å². The van der Waals surface area contributed by atoms with Crippen molar-refractivity contribution < 1.29 is 22.6 Å². The van der Waals surface area contributed by atoms with Crippen molar-refractivity contribution >= 4 is 16.6 Å². The number of hydrogen-bond acceptors (Lipinski definition) is 5. The molecular formula is C27H27F3N4O2. The lowest BCUT2D eigenvalue weighted by atomic mass is 10.0. The summed E-state index contributed by atoms with van der Waals surface area (Å²) in [6, 6.07) is 9.40. The number of ether oxygens (including phenoxy) is 2. The van der Waals surface area contributed by atoms with Gasteiger partial charge in [-0.2, -0.15) is 5.10 Å². The molecule has 0 aliphatic carbocycles. The van der Waals surface area contributed by atoms with Crippen molar-refractivity contribution in [1.29, 1.82) is 0 Å². The van der Waals surface area contributed by atoms with E-state index >= 15 is 0 Å². The quantitative estimate of drug-likeness (QED) is 0.308. The third-order valence-corrected chi connectivity index (χ3v) is 6.67. The van der Waals surface area contributed by atoms with Gasteiger partial charge in [-0.3, -0.25) is 9.67 Å². The second-order valence-electron chi connectivity index (χ2n) is 8.90. The van der Waals surface area contributed by atoms with Crippen LogP contribution in [0.2, 0.25) is 0 Å². The van der Waals surface area contributed by atoms with Crippen molar-refractivity contribution in [2.45, 2.75) is 38.3 Å². The molecule has 0 saturated carbocycles. The van der Waals surface area contributed by atoms with E-state index < -0.39 is 23.8 Å². The van der Waals surface area contributed by atoms with E-state index in [1.807, 2.05) is 29.2 Å². The number of pyridine rings is 1. The number of anilines is 1. The molecule has 2 aromatic heterocycles. The summed E-state index contributed by atoms with van der Waals surface area (Å²) in [5.41, 5.74) is 2.71. The van der Waals surface area contributed by atoms with Crippen LogP contribution in [0.5, 0.6) is 5.75 Å². The minimum atomic E-state index is -2.88. The van der Waals surface area contributed by atoms with Crippen LogP contribution in [0.15, 0.2) is 55.0 Å². The second kappa shape index (κ2) is 10.2. The van der Waals surface area contributed by atoms with Gasteiger partial charge in [0, 0.05) is 59.4 Å². The Kier molecular flexibility index (Phi) is 6.82. The van der Waals surface area contributed by atoms with Gasteiger partial charge in [-0.15, -0.1) is 0 Å². The van der Waals surface area contributed by atoms with Crippen LogP contribution in [0.1, 0.15) is 49.4 Å². The Hall–Kier alpha value is -3.59. The maximum Gasteiger partial charge on any atom is 0.266 e. The Morgan fingerprint density at radius 1 is 1.14 bits per heavy atom. The molecule has 2 aromatic carbocycles. The highest BCUT2D eigenvalue weighted by Gasteiger charge is 2.21. The molecule has 0 unspecified atom stereocenters. The third-order valence-electron chi connectivity index (χ3n) is 6.67. The molecule has 36 heavy (non-hydrogen) atoms. The lowest BCUT2D eigenvalue weighted by Gasteiger charge is -2.22. The number of fused-ring (bicyclic) bond motifs is 1. The molecule has 1 saturated heterocycles. The number of nitrogens with one attached hydrogen (secondary N) is 1. The van der Waals surface area contributed by atoms with Crippen molar-refractivity contribution in [3.05, 3.63) is 71.9 Å². The molecule has 6 nitrogen and oxygen atoms in total. The summed E-state index contributed by atoms with van der Waals surface area (Å²) < 4.78 is 54.3. The Labute approximate surface area is 207 Å². The van der Waals surface area contributed by atoms with Crippen LogP contribution in [-0.4, -0.2) is 35.1 Å². The lowest BCUT2D eigenvalue weighted by molar-refractivity contribution is 0.0662. The topological polar surface area (TPSA) is 61.2 Å². The molecule has 0 bridgehead atoms. The summed E-state index contributed by atoms with van der Waals surface area (Å²) in [4.78, 5) is 4.47. The van der Waals surface area contributed by atoms with Gasteiger partial charge in [0.1, 0.15) is 11.6 Å². The van der Waals surface area contributed by atoms with Gasteiger partial charge in [0.25, 0.3) is 6.43 Å². The summed E-state index contributed by atoms with van der Waals surface area (Å²) in [6.45, 7) is 3.18. The molecular weight excluding hydrogens is 469 g/mol. The van der Waals surface area contributed by atoms with Crippen molar-refractivity contribution in [2.75, 3.05) is 25.6 Å². The average Bonchev–Trinajstić information content (AvgIpc) is 3.39. The fourth-order valence-corrected chi connectivity index (χ4v) is 4.70. The third kappa shape index (κ3) is 4.63. The van der Waals surface area contributed by atoms with E-state index in [9.17, 15) is 13.2 Å². The second-order valence-corrected chi connectivity index (χ2v) is 8.90. The van der Waals surface area contributed by atoms with E-state index in [1.54, 1.807) is 26.3 Å². The molecule has 3 heterocycles. The Balaban J connectivity index is 1.51. The van der Waals surface area contributed by atoms with Crippen LogP contribution < -0.4 is 10.1 Å². The first-order valence-corrected chi connectivity index (χ1v) is 11.9. The van der Waals surface area contributed by atoms with Crippen LogP contribution >= 0.6 is 0 Å². The molecule has 0 spiro atoms. The molecule has 188 valence electrons. The summed E-state index contributed by atoms with van der Waals surface area (Å²) in [5, 5.41) is 8.66. The van der Waals surface area contributed by atoms with Crippen LogP contribution in [0.3, 0.4) is 0 Å². The maximum atomic E-state index is 14.8. The van der Waals surface area contributed by atoms with Crippen molar-refractivity contribution in [1.82, 2.24) is 14.8 Å². The van der Waals surface area contributed by atoms with E-state index in [1.165, 1.54) is 12.1 Å². The fraction of sp³-hybridized carbons (Fsp3) is 0.333. The first-order valence-electron chi connectivity index (χ1n) is 11.9. The lowest BCUT2D eigenvalue weighted by Crippen LogP contribution is -2.19. The molecule has 4 aromatic rings. The molecule has 1 aliphatic rings. The van der Waals surface area contributed by atoms with E-state index in [4.69, 9.17) is 9.47 Å². The standard InChI is InChI=1S/C27H27F3N4O2/c1-16(19-4-3-5-20(26(19)28)27(29)30)33-23-6-9-31-24-13-25(35-2)21(12-22(23)24)17-14-32-34(15-17)18-7-10-36-11-8-18/h3-6,9,12-16,18,27H,7-8,10-11H2,1-2H3,(H,31,33)/t16-/m1/s1. The molecule has 1 N–H and O–H groups in total. The Morgan fingerprint density at radius 3 is 2.67 bits per heavy atom. The van der Waals surface area contributed by atoms with Crippen LogP contribution in [0.25, 0.3) is 22.0 Å². The summed E-state index contributed by atoms with van der Waals surface area (Å²) >= 11 is 0. The number of alkyl halides is 2. The van der Waals surface area contributed by atoms with Crippen LogP contribution in [0, 0.1) is 5.82 Å². The number of rotatable bonds is 7. The molecule has 1 aliphatic heterocycles. The van der Waals surface area contributed by atoms with Crippen molar-refractivity contribution in [3.8, 4) is 16.9 Å². The fourth-order valence-electron chi connectivity index (χ4n) is 4.70. The highest BCUT2D eigenvalue weighted by atomic mass is 19.3. The molecule has 1 atom stereocenters. The van der Waals surface area contributed by atoms with E-state index in [0.717, 1.165) is 48.6 Å². The summed E-state index contributed by atoms with van der Waals surface area (Å²) in [7, 11) is 1.61. The van der Waals surface area contributed by atoms with Gasteiger partial charge < -0.3 is 14.8 Å². The number of halogens is 3. The normalized spacial score (nSPS) is 15.4. The van der Waals surface area contributed by atoms with Gasteiger partial charge in [0.2, 0.25) is 0 Å².